The van der Waals surface area contributed by atoms with Crippen molar-refractivity contribution in [2.24, 2.45) is 0 Å². The molecule has 0 spiro atoms. The van der Waals surface area contributed by atoms with Gasteiger partial charge in [0.05, 0.1) is 17.2 Å². The van der Waals surface area contributed by atoms with Crippen LogP contribution in [0.4, 0.5) is 11.4 Å². The van der Waals surface area contributed by atoms with Crippen molar-refractivity contribution in [2.45, 2.75) is 25.2 Å². The van der Waals surface area contributed by atoms with Crippen molar-refractivity contribution in [2.75, 3.05) is 11.1 Å². The van der Waals surface area contributed by atoms with Gasteiger partial charge in [0.25, 0.3) is 11.6 Å². The highest BCUT2D eigenvalue weighted by Crippen LogP contribution is 2.19. The molecule has 0 saturated heterocycles. The monoisotopic (exact) mass is 440 g/mol. The van der Waals surface area contributed by atoms with Gasteiger partial charge in [0.15, 0.2) is 11.0 Å². The van der Waals surface area contributed by atoms with E-state index in [2.05, 4.69) is 20.8 Å². The minimum Gasteiger partial charge on any atom is -0.345 e. The van der Waals surface area contributed by atoms with Crippen LogP contribution in [-0.2, 0) is 17.9 Å². The van der Waals surface area contributed by atoms with Gasteiger partial charge in [-0.1, -0.05) is 30.0 Å². The molecule has 0 fully saturated rings. The Balaban J connectivity index is 1.54. The van der Waals surface area contributed by atoms with Crippen molar-refractivity contribution in [3.63, 3.8) is 0 Å². The standard InChI is InChI=1S/C20H20N6O4S/c1-2-25-17(12-21-19(28)14-6-4-3-5-7-14)23-24-20(25)31-13-18(27)22-15-8-10-16(11-9-15)26(29)30/h3-11H,2,12-13H2,1H3,(H,21,28)(H,22,27). The Morgan fingerprint density at radius 3 is 2.45 bits per heavy atom. The highest BCUT2D eigenvalue weighted by Gasteiger charge is 2.15. The summed E-state index contributed by atoms with van der Waals surface area (Å²) in [5.74, 6) is 0.197. The van der Waals surface area contributed by atoms with Crippen LogP contribution in [0.25, 0.3) is 0 Å². The molecule has 1 heterocycles. The van der Waals surface area contributed by atoms with E-state index in [4.69, 9.17) is 0 Å². The topological polar surface area (TPSA) is 132 Å². The molecule has 0 atom stereocenters. The second-order valence-electron chi connectivity index (χ2n) is 6.33. The molecule has 0 radical (unpaired) electrons. The van der Waals surface area contributed by atoms with E-state index in [1.54, 1.807) is 24.3 Å². The van der Waals surface area contributed by atoms with E-state index < -0.39 is 4.92 Å². The summed E-state index contributed by atoms with van der Waals surface area (Å²) in [5.41, 5.74) is 0.982. The van der Waals surface area contributed by atoms with Gasteiger partial charge in [-0.25, -0.2) is 0 Å². The van der Waals surface area contributed by atoms with E-state index in [1.165, 1.54) is 36.0 Å². The lowest BCUT2D eigenvalue weighted by Crippen LogP contribution is -2.24. The van der Waals surface area contributed by atoms with E-state index in [9.17, 15) is 19.7 Å². The molecule has 3 aromatic rings. The maximum atomic E-state index is 12.2. The minimum atomic E-state index is -0.501. The average molecular weight is 440 g/mol. The zero-order valence-electron chi connectivity index (χ0n) is 16.6. The molecule has 0 saturated carbocycles. The zero-order valence-corrected chi connectivity index (χ0v) is 17.5. The van der Waals surface area contributed by atoms with E-state index in [1.807, 2.05) is 17.6 Å². The summed E-state index contributed by atoms with van der Waals surface area (Å²) in [5, 5.41) is 25.0. The number of carbonyl (C=O) groups is 2. The smallest absolute Gasteiger partial charge is 0.269 e. The van der Waals surface area contributed by atoms with Crippen LogP contribution >= 0.6 is 11.8 Å². The summed E-state index contributed by atoms with van der Waals surface area (Å²) in [6.45, 7) is 2.72. The number of nitro groups is 1. The third kappa shape index (κ3) is 5.89. The van der Waals surface area contributed by atoms with Gasteiger partial charge >= 0.3 is 0 Å². The zero-order chi connectivity index (χ0) is 22.2. The molecule has 0 aliphatic heterocycles. The number of hydrogen-bond acceptors (Lipinski definition) is 7. The number of hydrogen-bond donors (Lipinski definition) is 2. The third-order valence-electron chi connectivity index (χ3n) is 4.25. The summed E-state index contributed by atoms with van der Waals surface area (Å²) >= 11 is 1.21. The number of benzene rings is 2. The molecule has 2 amide bonds. The average Bonchev–Trinajstić information content (AvgIpc) is 3.18. The number of nitro benzene ring substituents is 1. The van der Waals surface area contributed by atoms with Crippen LogP contribution in [0.15, 0.2) is 59.8 Å². The molecular weight excluding hydrogens is 420 g/mol. The van der Waals surface area contributed by atoms with Crippen molar-refractivity contribution in [1.29, 1.82) is 0 Å². The second kappa shape index (κ2) is 10.3. The SMILES string of the molecule is CCn1c(CNC(=O)c2ccccc2)nnc1SCC(=O)Nc1ccc([N+](=O)[O-])cc1. The first kappa shape index (κ1) is 22.0. The Hall–Kier alpha value is -3.73. The first-order chi connectivity index (χ1) is 15.0. The van der Waals surface area contributed by atoms with Gasteiger partial charge in [-0.15, -0.1) is 10.2 Å². The highest BCUT2D eigenvalue weighted by atomic mass is 32.2. The third-order valence-corrected chi connectivity index (χ3v) is 5.21. The molecule has 10 nitrogen and oxygen atoms in total. The lowest BCUT2D eigenvalue weighted by Gasteiger charge is -2.09. The van der Waals surface area contributed by atoms with E-state index >= 15 is 0 Å². The van der Waals surface area contributed by atoms with E-state index in [0.29, 0.717) is 28.8 Å². The number of rotatable bonds is 9. The van der Waals surface area contributed by atoms with Crippen LogP contribution in [-0.4, -0.2) is 37.3 Å². The van der Waals surface area contributed by atoms with Crippen LogP contribution in [0, 0.1) is 10.1 Å². The van der Waals surface area contributed by atoms with Crippen LogP contribution in [0.1, 0.15) is 23.1 Å². The lowest BCUT2D eigenvalue weighted by atomic mass is 10.2. The predicted octanol–water partition coefficient (Wildman–Crippen LogP) is 2.87. The number of amides is 2. The second-order valence-corrected chi connectivity index (χ2v) is 7.28. The van der Waals surface area contributed by atoms with Gasteiger partial charge in [0.2, 0.25) is 5.91 Å². The highest BCUT2D eigenvalue weighted by molar-refractivity contribution is 7.99. The number of nitrogens with zero attached hydrogens (tertiary/aromatic N) is 4. The Labute approximate surface area is 182 Å². The number of aromatic nitrogens is 3. The van der Waals surface area contributed by atoms with Crippen LogP contribution in [0.3, 0.4) is 0 Å². The van der Waals surface area contributed by atoms with E-state index in [0.717, 1.165) is 0 Å². The van der Waals surface area contributed by atoms with Crippen molar-refractivity contribution in [1.82, 2.24) is 20.1 Å². The molecule has 11 heteroatoms. The van der Waals surface area contributed by atoms with Gasteiger partial charge in [-0.3, -0.25) is 19.7 Å². The van der Waals surface area contributed by atoms with Gasteiger partial charge < -0.3 is 15.2 Å². The molecule has 3 rings (SSSR count). The Bertz CT molecular complexity index is 1070. The van der Waals surface area contributed by atoms with E-state index in [-0.39, 0.29) is 29.8 Å². The summed E-state index contributed by atoms with van der Waals surface area (Å²) in [6.07, 6.45) is 0. The van der Waals surface area contributed by atoms with Crippen molar-refractivity contribution < 1.29 is 14.5 Å². The first-order valence-corrected chi connectivity index (χ1v) is 10.4. The fourth-order valence-electron chi connectivity index (χ4n) is 2.72. The number of nitrogens with one attached hydrogen (secondary N) is 2. The minimum absolute atomic E-state index is 0.0460. The molecule has 0 unspecified atom stereocenters. The number of thioether (sulfide) groups is 1. The fraction of sp³-hybridized carbons (Fsp3) is 0.200. The maximum Gasteiger partial charge on any atom is 0.269 e. The summed E-state index contributed by atoms with van der Waals surface area (Å²) < 4.78 is 1.83. The predicted molar refractivity (Wildman–Crippen MR) is 116 cm³/mol. The largest absolute Gasteiger partial charge is 0.345 e. The van der Waals surface area contributed by atoms with Crippen molar-refractivity contribution in [3.8, 4) is 0 Å². The molecule has 160 valence electrons. The van der Waals surface area contributed by atoms with Crippen LogP contribution in [0.2, 0.25) is 0 Å². The molecule has 2 aromatic carbocycles. The van der Waals surface area contributed by atoms with Gasteiger partial charge in [0, 0.05) is 29.9 Å². The normalized spacial score (nSPS) is 10.5. The fourth-order valence-corrected chi connectivity index (χ4v) is 3.54. The molecule has 1 aromatic heterocycles. The first-order valence-electron chi connectivity index (χ1n) is 9.40. The molecule has 31 heavy (non-hydrogen) atoms. The van der Waals surface area contributed by atoms with Gasteiger partial charge in [0.1, 0.15) is 0 Å². The number of carbonyl (C=O) groups excluding carboxylic acids is 2. The Morgan fingerprint density at radius 2 is 1.81 bits per heavy atom. The Morgan fingerprint density at radius 1 is 1.10 bits per heavy atom. The van der Waals surface area contributed by atoms with Gasteiger partial charge in [-0.2, -0.15) is 0 Å². The number of non-ortho nitro benzene ring substituents is 1. The van der Waals surface area contributed by atoms with Gasteiger partial charge in [-0.05, 0) is 31.2 Å². The number of anilines is 1. The summed E-state index contributed by atoms with van der Waals surface area (Å²) in [4.78, 5) is 34.6. The molecule has 0 bridgehead atoms. The van der Waals surface area contributed by atoms with Crippen LogP contribution in [0.5, 0.6) is 0 Å². The summed E-state index contributed by atoms with van der Waals surface area (Å²) in [6, 6.07) is 14.5. The Kier molecular flexibility index (Phi) is 7.33. The van der Waals surface area contributed by atoms with Crippen molar-refractivity contribution >= 4 is 35.0 Å². The quantitative estimate of drug-likeness (QED) is 0.297. The van der Waals surface area contributed by atoms with Crippen LogP contribution < -0.4 is 10.6 Å². The molecule has 0 aliphatic rings. The lowest BCUT2D eigenvalue weighted by molar-refractivity contribution is -0.384. The molecule has 0 aliphatic carbocycles. The molecule has 2 N–H and O–H groups in total. The molecular formula is C20H20N6O4S. The summed E-state index contributed by atoms with van der Waals surface area (Å²) in [7, 11) is 0. The van der Waals surface area contributed by atoms with Crippen molar-refractivity contribution in [3.05, 3.63) is 76.1 Å². The maximum absolute atomic E-state index is 12.2.